The van der Waals surface area contributed by atoms with Gasteiger partial charge >= 0.3 is 0 Å². The Morgan fingerprint density at radius 3 is 2.64 bits per heavy atom. The first-order valence-electron chi connectivity index (χ1n) is 8.93. The van der Waals surface area contributed by atoms with E-state index in [0.29, 0.717) is 18.0 Å². The minimum absolute atomic E-state index is 0.105. The van der Waals surface area contributed by atoms with Crippen molar-refractivity contribution < 1.29 is 14.3 Å². The summed E-state index contributed by atoms with van der Waals surface area (Å²) >= 11 is 1.39. The number of carbonyl (C=O) groups is 1. The fraction of sp³-hybridized carbons (Fsp3) is 0.238. The predicted octanol–water partition coefficient (Wildman–Crippen LogP) is 4.23. The minimum Gasteiger partial charge on any atom is -0.497 e. The van der Waals surface area contributed by atoms with Gasteiger partial charge in [0.15, 0.2) is 5.16 Å². The molecule has 1 amide bonds. The second-order valence-corrected chi connectivity index (χ2v) is 6.92. The van der Waals surface area contributed by atoms with Gasteiger partial charge in [-0.2, -0.15) is 0 Å². The summed E-state index contributed by atoms with van der Waals surface area (Å²) in [6, 6.07) is 15.2. The molecule has 0 aliphatic carbocycles. The Labute approximate surface area is 168 Å². The number of aromatic nitrogens is 2. The number of para-hydroxylation sites is 2. The standard InChI is InChI=1S/C21H23N3O3S/c1-4-27-19-8-6-5-7-17(19)23-20(25)14-28-21-22-13-18(24(21)2)15-9-11-16(26-3)12-10-15/h5-13H,4,14H2,1-3H3,(H,23,25). The van der Waals surface area contributed by atoms with Gasteiger partial charge in [0, 0.05) is 12.6 Å². The number of methoxy groups -OCH3 is 1. The van der Waals surface area contributed by atoms with Crippen LogP contribution in [0.3, 0.4) is 0 Å². The molecule has 0 atom stereocenters. The Balaban J connectivity index is 1.63. The lowest BCUT2D eigenvalue weighted by molar-refractivity contribution is -0.113. The number of thioether (sulfide) groups is 1. The topological polar surface area (TPSA) is 65.4 Å². The summed E-state index contributed by atoms with van der Waals surface area (Å²) < 4.78 is 12.7. The number of rotatable bonds is 8. The van der Waals surface area contributed by atoms with Crippen LogP contribution in [0.1, 0.15) is 6.92 Å². The van der Waals surface area contributed by atoms with Gasteiger partial charge in [-0.3, -0.25) is 4.79 Å². The average molecular weight is 398 g/mol. The maximum absolute atomic E-state index is 12.4. The summed E-state index contributed by atoms with van der Waals surface area (Å²) in [5, 5.41) is 3.68. The zero-order valence-electron chi connectivity index (χ0n) is 16.1. The van der Waals surface area contributed by atoms with Crippen LogP contribution in [0.2, 0.25) is 0 Å². The molecular formula is C21H23N3O3S. The van der Waals surface area contributed by atoms with E-state index in [0.717, 1.165) is 22.2 Å². The molecule has 0 saturated heterocycles. The fourth-order valence-corrected chi connectivity index (χ4v) is 3.48. The van der Waals surface area contributed by atoms with Crippen LogP contribution in [0.5, 0.6) is 11.5 Å². The summed E-state index contributed by atoms with van der Waals surface area (Å²) in [4.78, 5) is 16.8. The Hall–Kier alpha value is -2.93. The Bertz CT molecular complexity index is 938. The highest BCUT2D eigenvalue weighted by atomic mass is 32.2. The Morgan fingerprint density at radius 2 is 1.93 bits per heavy atom. The number of nitrogens with one attached hydrogen (secondary N) is 1. The third-order valence-corrected chi connectivity index (χ3v) is 5.17. The second-order valence-electron chi connectivity index (χ2n) is 5.98. The lowest BCUT2D eigenvalue weighted by Crippen LogP contribution is -2.15. The van der Waals surface area contributed by atoms with Crippen LogP contribution in [0, 0.1) is 0 Å². The van der Waals surface area contributed by atoms with Crippen molar-refractivity contribution in [3.05, 3.63) is 54.7 Å². The van der Waals surface area contributed by atoms with Crippen LogP contribution in [0.25, 0.3) is 11.3 Å². The zero-order chi connectivity index (χ0) is 19.9. The van der Waals surface area contributed by atoms with Crippen LogP contribution in [0.4, 0.5) is 5.69 Å². The van der Waals surface area contributed by atoms with E-state index >= 15 is 0 Å². The van der Waals surface area contributed by atoms with Crippen molar-refractivity contribution in [1.29, 1.82) is 0 Å². The van der Waals surface area contributed by atoms with Gasteiger partial charge in [-0.25, -0.2) is 4.98 Å². The van der Waals surface area contributed by atoms with Gasteiger partial charge in [-0.15, -0.1) is 0 Å². The Morgan fingerprint density at radius 1 is 1.18 bits per heavy atom. The minimum atomic E-state index is -0.105. The van der Waals surface area contributed by atoms with Crippen molar-refractivity contribution in [2.45, 2.75) is 12.1 Å². The number of anilines is 1. The molecular weight excluding hydrogens is 374 g/mol. The second kappa shape index (κ2) is 9.32. The van der Waals surface area contributed by atoms with Crippen molar-refractivity contribution in [2.24, 2.45) is 7.05 Å². The molecule has 0 radical (unpaired) electrons. The van der Waals surface area contributed by atoms with E-state index in [1.807, 2.05) is 73.3 Å². The van der Waals surface area contributed by atoms with Crippen molar-refractivity contribution in [3.63, 3.8) is 0 Å². The predicted molar refractivity (Wildman–Crippen MR) is 112 cm³/mol. The molecule has 1 N–H and O–H groups in total. The van der Waals surface area contributed by atoms with E-state index in [1.165, 1.54) is 11.8 Å². The first kappa shape index (κ1) is 19.8. The van der Waals surface area contributed by atoms with Gasteiger partial charge in [-0.05, 0) is 43.3 Å². The van der Waals surface area contributed by atoms with Crippen molar-refractivity contribution >= 4 is 23.4 Å². The SMILES string of the molecule is CCOc1ccccc1NC(=O)CSc1ncc(-c2ccc(OC)cc2)n1C. The highest BCUT2D eigenvalue weighted by molar-refractivity contribution is 7.99. The van der Waals surface area contributed by atoms with Gasteiger partial charge in [-0.1, -0.05) is 23.9 Å². The molecule has 0 aliphatic heterocycles. The maximum Gasteiger partial charge on any atom is 0.234 e. The van der Waals surface area contributed by atoms with E-state index < -0.39 is 0 Å². The monoisotopic (exact) mass is 397 g/mol. The molecule has 7 heteroatoms. The molecule has 3 aromatic rings. The summed E-state index contributed by atoms with van der Waals surface area (Å²) in [7, 11) is 3.59. The first-order valence-corrected chi connectivity index (χ1v) is 9.91. The maximum atomic E-state index is 12.4. The number of ether oxygens (including phenoxy) is 2. The molecule has 6 nitrogen and oxygen atoms in total. The fourth-order valence-electron chi connectivity index (χ4n) is 2.72. The molecule has 146 valence electrons. The number of benzene rings is 2. The van der Waals surface area contributed by atoms with E-state index in [1.54, 1.807) is 7.11 Å². The third kappa shape index (κ3) is 4.67. The zero-order valence-corrected chi connectivity index (χ0v) is 17.0. The van der Waals surface area contributed by atoms with E-state index in [9.17, 15) is 4.79 Å². The lowest BCUT2D eigenvalue weighted by Gasteiger charge is -2.11. The molecule has 1 aromatic heterocycles. The van der Waals surface area contributed by atoms with Crippen LogP contribution in [0.15, 0.2) is 59.9 Å². The van der Waals surface area contributed by atoms with Crippen molar-refractivity contribution in [3.8, 4) is 22.8 Å². The van der Waals surface area contributed by atoms with Crippen molar-refractivity contribution in [2.75, 3.05) is 24.8 Å². The highest BCUT2D eigenvalue weighted by Gasteiger charge is 2.13. The van der Waals surface area contributed by atoms with Gasteiger partial charge in [0.05, 0.1) is 37.0 Å². The Kier molecular flexibility index (Phi) is 6.60. The van der Waals surface area contributed by atoms with E-state index in [-0.39, 0.29) is 11.7 Å². The van der Waals surface area contributed by atoms with Gasteiger partial charge in [0.2, 0.25) is 5.91 Å². The van der Waals surface area contributed by atoms with Gasteiger partial charge in [0.1, 0.15) is 11.5 Å². The molecule has 3 rings (SSSR count). The van der Waals surface area contributed by atoms with Gasteiger partial charge in [0.25, 0.3) is 0 Å². The van der Waals surface area contributed by atoms with Crippen LogP contribution in [-0.2, 0) is 11.8 Å². The first-order chi connectivity index (χ1) is 13.6. The average Bonchev–Trinajstić information content (AvgIpc) is 3.08. The summed E-state index contributed by atoms with van der Waals surface area (Å²) in [5.41, 5.74) is 2.69. The summed E-state index contributed by atoms with van der Waals surface area (Å²) in [6.07, 6.45) is 1.81. The molecule has 2 aromatic carbocycles. The van der Waals surface area contributed by atoms with Crippen LogP contribution < -0.4 is 14.8 Å². The largest absolute Gasteiger partial charge is 0.497 e. The number of hydrogen-bond acceptors (Lipinski definition) is 5. The highest BCUT2D eigenvalue weighted by Crippen LogP contribution is 2.27. The number of amides is 1. The van der Waals surface area contributed by atoms with Crippen LogP contribution >= 0.6 is 11.8 Å². The normalized spacial score (nSPS) is 10.5. The summed E-state index contributed by atoms with van der Waals surface area (Å²) in [6.45, 7) is 2.46. The third-order valence-electron chi connectivity index (χ3n) is 4.12. The molecule has 0 fully saturated rings. The van der Waals surface area contributed by atoms with E-state index in [4.69, 9.17) is 9.47 Å². The molecule has 28 heavy (non-hydrogen) atoms. The quantitative estimate of drug-likeness (QED) is 0.577. The number of hydrogen-bond donors (Lipinski definition) is 1. The molecule has 0 saturated carbocycles. The molecule has 0 aliphatic rings. The molecule has 0 bridgehead atoms. The van der Waals surface area contributed by atoms with Gasteiger partial charge < -0.3 is 19.4 Å². The number of carbonyl (C=O) groups excluding carboxylic acids is 1. The summed E-state index contributed by atoms with van der Waals surface area (Å²) in [5.74, 6) is 1.63. The molecule has 1 heterocycles. The molecule has 0 unspecified atom stereocenters. The molecule has 0 spiro atoms. The van der Waals surface area contributed by atoms with Crippen molar-refractivity contribution in [1.82, 2.24) is 9.55 Å². The number of nitrogens with zero attached hydrogens (tertiary/aromatic N) is 2. The van der Waals surface area contributed by atoms with Crippen LogP contribution in [-0.4, -0.2) is 34.9 Å². The lowest BCUT2D eigenvalue weighted by atomic mass is 10.1. The number of imidazole rings is 1. The smallest absolute Gasteiger partial charge is 0.234 e. The van der Waals surface area contributed by atoms with E-state index in [2.05, 4.69) is 10.3 Å².